The fraction of sp³-hybridized carbons (Fsp3) is 0.231. The Bertz CT molecular complexity index is 615. The summed E-state index contributed by atoms with van der Waals surface area (Å²) in [5.74, 6) is -0.829. The monoisotopic (exact) mass is 422 g/mol. The van der Waals surface area contributed by atoms with Crippen LogP contribution in [0.5, 0.6) is 0 Å². The molecule has 0 bridgehead atoms. The van der Waals surface area contributed by atoms with Gasteiger partial charge in [0, 0.05) is 18.3 Å². The average molecular weight is 423 g/mol. The van der Waals surface area contributed by atoms with Crippen LogP contribution in [0.3, 0.4) is 0 Å². The van der Waals surface area contributed by atoms with Crippen LogP contribution >= 0.6 is 46.0 Å². The summed E-state index contributed by atoms with van der Waals surface area (Å²) in [5, 5.41) is 13.7. The summed E-state index contributed by atoms with van der Waals surface area (Å²) in [5.41, 5.74) is 0.952. The summed E-state index contributed by atoms with van der Waals surface area (Å²) in [6.07, 6.45) is 2.28. The van der Waals surface area contributed by atoms with Gasteiger partial charge >= 0.3 is 5.97 Å². The van der Waals surface area contributed by atoms with Crippen LogP contribution in [0.25, 0.3) is 0 Å². The molecule has 20 heavy (non-hydrogen) atoms. The van der Waals surface area contributed by atoms with Gasteiger partial charge < -0.3 is 5.11 Å². The number of hydrogen-bond donors (Lipinski definition) is 1. The van der Waals surface area contributed by atoms with Crippen LogP contribution in [-0.4, -0.2) is 26.1 Å². The van der Waals surface area contributed by atoms with E-state index in [9.17, 15) is 9.90 Å². The lowest BCUT2D eigenvalue weighted by molar-refractivity contribution is -0.136. The van der Waals surface area contributed by atoms with Crippen LogP contribution in [0.15, 0.2) is 35.4 Å². The van der Waals surface area contributed by atoms with E-state index in [-0.39, 0.29) is 0 Å². The normalized spacial score (nSPS) is 12.3. The van der Waals surface area contributed by atoms with Crippen molar-refractivity contribution in [3.63, 3.8) is 0 Å². The summed E-state index contributed by atoms with van der Waals surface area (Å²) in [6, 6.07) is 7.25. The summed E-state index contributed by atoms with van der Waals surface area (Å²) >= 11 is 9.26. The Morgan fingerprint density at radius 3 is 2.65 bits per heavy atom. The third-order valence-corrected chi connectivity index (χ3v) is 5.25. The maximum atomic E-state index is 11.4. The predicted molar refractivity (Wildman–Crippen MR) is 88.4 cm³/mol. The van der Waals surface area contributed by atoms with Crippen LogP contribution in [0.4, 0.5) is 0 Å². The van der Waals surface area contributed by atoms with Crippen molar-refractivity contribution in [3.05, 3.63) is 44.7 Å². The van der Waals surface area contributed by atoms with Crippen molar-refractivity contribution in [1.82, 2.24) is 9.78 Å². The van der Waals surface area contributed by atoms with E-state index in [0.717, 1.165) is 14.2 Å². The number of aliphatic carboxylic acids is 1. The van der Waals surface area contributed by atoms with Gasteiger partial charge in [-0.1, -0.05) is 23.7 Å². The van der Waals surface area contributed by atoms with Crippen molar-refractivity contribution in [2.45, 2.75) is 16.6 Å². The molecule has 0 amide bonds. The quantitative estimate of drug-likeness (QED) is 0.592. The second kappa shape index (κ2) is 6.82. The standard InChI is InChI=1S/C13H12ClIN2O2S/c1-17-7-11(12(15)16-17)20-10(13(18)19)6-8-2-4-9(14)5-3-8/h2-5,7,10H,6H2,1H3,(H,18,19). The minimum atomic E-state index is -0.829. The highest BCUT2D eigenvalue weighted by Crippen LogP contribution is 2.29. The van der Waals surface area contributed by atoms with Crippen molar-refractivity contribution in [1.29, 1.82) is 0 Å². The Kier molecular flexibility index (Phi) is 5.34. The molecule has 1 N–H and O–H groups in total. The van der Waals surface area contributed by atoms with Gasteiger partial charge in [0.1, 0.15) is 8.95 Å². The fourth-order valence-electron chi connectivity index (χ4n) is 1.69. The van der Waals surface area contributed by atoms with E-state index >= 15 is 0 Å². The lowest BCUT2D eigenvalue weighted by Gasteiger charge is -2.11. The highest BCUT2D eigenvalue weighted by molar-refractivity contribution is 14.1. The van der Waals surface area contributed by atoms with Crippen LogP contribution in [0, 0.1) is 3.70 Å². The molecule has 0 saturated carbocycles. The lowest BCUT2D eigenvalue weighted by Crippen LogP contribution is -2.19. The van der Waals surface area contributed by atoms with Gasteiger partial charge in [-0.2, -0.15) is 5.10 Å². The molecule has 1 heterocycles. The third-order valence-electron chi connectivity index (χ3n) is 2.63. The highest BCUT2D eigenvalue weighted by atomic mass is 127. The Morgan fingerprint density at radius 2 is 2.15 bits per heavy atom. The molecule has 1 aromatic carbocycles. The summed E-state index contributed by atoms with van der Waals surface area (Å²) in [6.45, 7) is 0. The zero-order chi connectivity index (χ0) is 14.7. The number of benzene rings is 1. The van der Waals surface area contributed by atoms with E-state index in [1.807, 2.05) is 25.4 Å². The number of aromatic nitrogens is 2. The third kappa shape index (κ3) is 4.13. The first-order valence-corrected chi connectivity index (χ1v) is 8.12. The molecule has 0 spiro atoms. The molecule has 0 aliphatic carbocycles. The Morgan fingerprint density at radius 1 is 1.50 bits per heavy atom. The molecule has 106 valence electrons. The first kappa shape index (κ1) is 15.7. The summed E-state index contributed by atoms with van der Waals surface area (Å²) in [7, 11) is 1.82. The minimum absolute atomic E-state index is 0.447. The van der Waals surface area contributed by atoms with Gasteiger partial charge in [-0.25, -0.2) is 0 Å². The Balaban J connectivity index is 2.13. The van der Waals surface area contributed by atoms with Crippen LogP contribution in [0.2, 0.25) is 5.02 Å². The molecule has 0 radical (unpaired) electrons. The largest absolute Gasteiger partial charge is 0.480 e. The molecule has 7 heteroatoms. The molecule has 0 aliphatic heterocycles. The molecular formula is C13H12ClIN2O2S. The lowest BCUT2D eigenvalue weighted by atomic mass is 10.1. The summed E-state index contributed by atoms with van der Waals surface area (Å²) in [4.78, 5) is 12.3. The molecule has 2 aromatic rings. The Hall–Kier alpha value is -0.730. The van der Waals surface area contributed by atoms with E-state index in [1.165, 1.54) is 11.8 Å². The van der Waals surface area contributed by atoms with Gasteiger partial charge in [0.15, 0.2) is 0 Å². The SMILES string of the molecule is Cn1cc(SC(Cc2ccc(Cl)cc2)C(=O)O)c(I)n1. The topological polar surface area (TPSA) is 55.1 Å². The first-order chi connectivity index (χ1) is 9.45. The van der Waals surface area contributed by atoms with E-state index in [4.69, 9.17) is 11.6 Å². The predicted octanol–water partition coefficient (Wildman–Crippen LogP) is 3.47. The van der Waals surface area contributed by atoms with Crippen LogP contribution < -0.4 is 0 Å². The van der Waals surface area contributed by atoms with Gasteiger partial charge in [0.05, 0.1) is 4.90 Å². The minimum Gasteiger partial charge on any atom is -0.480 e. The summed E-state index contributed by atoms with van der Waals surface area (Å²) < 4.78 is 2.50. The zero-order valence-electron chi connectivity index (χ0n) is 10.6. The molecular weight excluding hydrogens is 411 g/mol. The molecule has 0 aliphatic rings. The highest BCUT2D eigenvalue weighted by Gasteiger charge is 2.21. The number of carbonyl (C=O) groups is 1. The van der Waals surface area contributed by atoms with Gasteiger partial charge in [0.25, 0.3) is 0 Å². The molecule has 1 atom stereocenters. The zero-order valence-corrected chi connectivity index (χ0v) is 14.3. The van der Waals surface area contributed by atoms with Crippen LogP contribution in [-0.2, 0) is 18.3 Å². The number of nitrogens with zero attached hydrogens (tertiary/aromatic N) is 2. The van der Waals surface area contributed by atoms with Crippen molar-refractivity contribution in [3.8, 4) is 0 Å². The second-order valence-corrected chi connectivity index (χ2v) is 6.94. The van der Waals surface area contributed by atoms with Gasteiger partial charge in [-0.15, -0.1) is 11.8 Å². The molecule has 1 aromatic heterocycles. The van der Waals surface area contributed by atoms with Gasteiger partial charge in [-0.3, -0.25) is 9.48 Å². The molecule has 1 unspecified atom stereocenters. The fourth-order valence-corrected chi connectivity index (χ4v) is 3.71. The smallest absolute Gasteiger partial charge is 0.317 e. The molecule has 0 fully saturated rings. The number of carboxylic acid groups (broad SMARTS) is 1. The van der Waals surface area contributed by atoms with Crippen molar-refractivity contribution in [2.24, 2.45) is 7.05 Å². The van der Waals surface area contributed by atoms with E-state index in [0.29, 0.717) is 11.4 Å². The van der Waals surface area contributed by atoms with Crippen LogP contribution in [0.1, 0.15) is 5.56 Å². The number of hydrogen-bond acceptors (Lipinski definition) is 3. The van der Waals surface area contributed by atoms with Crippen molar-refractivity contribution < 1.29 is 9.90 Å². The maximum absolute atomic E-state index is 11.4. The first-order valence-electron chi connectivity index (χ1n) is 5.79. The van der Waals surface area contributed by atoms with E-state index in [1.54, 1.807) is 16.8 Å². The second-order valence-electron chi connectivity index (χ2n) is 4.23. The van der Waals surface area contributed by atoms with Gasteiger partial charge in [0.2, 0.25) is 0 Å². The number of halogens is 2. The molecule has 4 nitrogen and oxygen atoms in total. The average Bonchev–Trinajstić information content (AvgIpc) is 2.69. The number of aryl methyl sites for hydroxylation is 1. The van der Waals surface area contributed by atoms with Crippen molar-refractivity contribution >= 4 is 51.9 Å². The maximum Gasteiger partial charge on any atom is 0.317 e. The van der Waals surface area contributed by atoms with Crippen molar-refractivity contribution in [2.75, 3.05) is 0 Å². The number of thioether (sulfide) groups is 1. The molecule has 2 rings (SSSR count). The van der Waals surface area contributed by atoms with Gasteiger partial charge in [-0.05, 0) is 46.7 Å². The van der Waals surface area contributed by atoms with E-state index in [2.05, 4.69) is 27.7 Å². The number of rotatable bonds is 5. The number of carboxylic acids is 1. The van der Waals surface area contributed by atoms with E-state index < -0.39 is 11.2 Å². The Labute approximate surface area is 139 Å². The molecule has 0 saturated heterocycles.